The second-order valence-electron chi connectivity index (χ2n) is 7.57. The summed E-state index contributed by atoms with van der Waals surface area (Å²) in [7, 11) is 0. The molecule has 3 heterocycles. The molecule has 0 aliphatic carbocycles. The van der Waals surface area contributed by atoms with Crippen LogP contribution in [0.4, 0.5) is 13.2 Å². The van der Waals surface area contributed by atoms with E-state index in [9.17, 15) is 23.1 Å². The second kappa shape index (κ2) is 8.14. The molecule has 0 spiro atoms. The molecule has 31 heavy (non-hydrogen) atoms. The molecule has 1 aromatic carbocycles. The van der Waals surface area contributed by atoms with E-state index in [0.717, 1.165) is 6.20 Å². The molecule has 1 amide bonds. The van der Waals surface area contributed by atoms with Crippen LogP contribution < -0.4 is 0 Å². The van der Waals surface area contributed by atoms with E-state index in [-0.39, 0.29) is 30.1 Å². The first kappa shape index (κ1) is 21.0. The summed E-state index contributed by atoms with van der Waals surface area (Å²) in [6.07, 6.45) is -0.788. The van der Waals surface area contributed by atoms with Gasteiger partial charge in [-0.1, -0.05) is 12.1 Å². The third kappa shape index (κ3) is 4.18. The summed E-state index contributed by atoms with van der Waals surface area (Å²) in [5.41, 5.74) is 0.653. The van der Waals surface area contributed by atoms with Crippen molar-refractivity contribution in [3.8, 4) is 5.69 Å². The number of aliphatic hydroxyl groups is 1. The van der Waals surface area contributed by atoms with Gasteiger partial charge in [0.2, 0.25) is 0 Å². The molecule has 1 aliphatic heterocycles. The molecule has 4 rings (SSSR count). The van der Waals surface area contributed by atoms with Gasteiger partial charge in [0, 0.05) is 24.3 Å². The highest BCUT2D eigenvalue weighted by atomic mass is 19.4. The van der Waals surface area contributed by atoms with Crippen LogP contribution in [-0.2, 0) is 0 Å². The normalized spacial score (nSPS) is 20.6. The van der Waals surface area contributed by atoms with Crippen molar-refractivity contribution in [2.75, 3.05) is 6.54 Å². The molecule has 0 saturated carbocycles. The third-order valence-electron chi connectivity index (χ3n) is 5.51. The molecule has 0 unspecified atom stereocenters. The molecular weight excluding hydrogens is 413 g/mol. The minimum atomic E-state index is -4.76. The fourth-order valence-corrected chi connectivity index (χ4v) is 3.79. The number of aromatic nitrogens is 5. The number of benzene rings is 1. The maximum atomic E-state index is 13.4. The maximum absolute atomic E-state index is 13.4. The number of amides is 1. The summed E-state index contributed by atoms with van der Waals surface area (Å²) in [5, 5.41) is 21.7. The minimum absolute atomic E-state index is 0.0572. The molecule has 1 saturated heterocycles. The largest absolute Gasteiger partial charge is 0.418 e. The number of aliphatic hydroxyl groups excluding tert-OH is 1. The van der Waals surface area contributed by atoms with Crippen molar-refractivity contribution >= 4 is 5.91 Å². The predicted octanol–water partition coefficient (Wildman–Crippen LogP) is 2.93. The predicted molar refractivity (Wildman–Crippen MR) is 103 cm³/mol. The lowest BCUT2D eigenvalue weighted by Crippen LogP contribution is -2.46. The Morgan fingerprint density at radius 3 is 2.58 bits per heavy atom. The molecule has 1 aliphatic rings. The van der Waals surface area contributed by atoms with E-state index in [2.05, 4.69) is 15.3 Å². The van der Waals surface area contributed by atoms with Crippen LogP contribution in [0, 0.1) is 0 Å². The van der Waals surface area contributed by atoms with Crippen LogP contribution in [0.5, 0.6) is 0 Å². The molecule has 0 radical (unpaired) electrons. The number of alkyl halides is 3. The number of carbonyl (C=O) groups excluding carboxylic acids is 1. The topological polar surface area (TPSA) is 89.1 Å². The van der Waals surface area contributed by atoms with Gasteiger partial charge < -0.3 is 10.0 Å². The molecule has 164 valence electrons. The van der Waals surface area contributed by atoms with E-state index in [1.165, 1.54) is 28.1 Å². The van der Waals surface area contributed by atoms with Crippen LogP contribution in [0.25, 0.3) is 5.69 Å². The van der Waals surface area contributed by atoms with Crippen molar-refractivity contribution in [3.63, 3.8) is 0 Å². The van der Waals surface area contributed by atoms with E-state index >= 15 is 0 Å². The van der Waals surface area contributed by atoms with Gasteiger partial charge in [-0.3, -0.25) is 9.48 Å². The molecular formula is C20H21F3N6O2. The Balaban J connectivity index is 1.57. The number of halogens is 3. The van der Waals surface area contributed by atoms with Gasteiger partial charge in [-0.25, -0.2) is 0 Å². The van der Waals surface area contributed by atoms with Gasteiger partial charge in [0.25, 0.3) is 5.91 Å². The van der Waals surface area contributed by atoms with E-state index in [4.69, 9.17) is 0 Å². The Kier molecular flexibility index (Phi) is 5.52. The lowest BCUT2D eigenvalue weighted by Gasteiger charge is -2.38. The Hall–Kier alpha value is -3.21. The average molecular weight is 434 g/mol. The van der Waals surface area contributed by atoms with Crippen molar-refractivity contribution < 1.29 is 23.1 Å². The van der Waals surface area contributed by atoms with Gasteiger partial charge in [-0.2, -0.15) is 33.3 Å². The zero-order valence-electron chi connectivity index (χ0n) is 16.6. The number of carbonyl (C=O) groups is 1. The van der Waals surface area contributed by atoms with Crippen molar-refractivity contribution in [2.24, 2.45) is 0 Å². The third-order valence-corrected chi connectivity index (χ3v) is 5.51. The van der Waals surface area contributed by atoms with Gasteiger partial charge in [-0.05, 0) is 31.9 Å². The molecule has 3 atom stereocenters. The SMILES string of the molecule is C[C@@H]1CC[C@@H](n2cc([C@@H](O)C(F)(F)F)cn2)CN1C(=O)c1ccccc1-n1nccn1. The van der Waals surface area contributed by atoms with Crippen molar-refractivity contribution in [1.82, 2.24) is 29.7 Å². The first-order chi connectivity index (χ1) is 14.8. The molecule has 2 aromatic heterocycles. The van der Waals surface area contributed by atoms with Crippen molar-refractivity contribution in [1.29, 1.82) is 0 Å². The van der Waals surface area contributed by atoms with E-state index in [1.807, 2.05) is 6.92 Å². The van der Waals surface area contributed by atoms with E-state index < -0.39 is 12.3 Å². The lowest BCUT2D eigenvalue weighted by molar-refractivity contribution is -0.206. The second-order valence-corrected chi connectivity index (χ2v) is 7.57. The summed E-state index contributed by atoms with van der Waals surface area (Å²) in [6, 6.07) is 6.63. The number of nitrogens with zero attached hydrogens (tertiary/aromatic N) is 6. The minimum Gasteiger partial charge on any atom is -0.379 e. The number of piperidine rings is 1. The standard InChI is InChI=1S/C20H21F3N6O2/c1-13-6-7-15(28-11-14(10-26-28)18(30)20(21,22)23)12-27(13)19(31)16-4-2-3-5-17(16)29-24-8-9-25-29/h2-5,8-11,13,15,18,30H,6-7,12H2,1H3/t13-,15-,18-/m1/s1. The molecule has 8 nitrogen and oxygen atoms in total. The number of hydrogen-bond acceptors (Lipinski definition) is 5. The van der Waals surface area contributed by atoms with E-state index in [0.29, 0.717) is 24.1 Å². The van der Waals surface area contributed by atoms with Gasteiger partial charge in [0.15, 0.2) is 6.10 Å². The first-order valence-corrected chi connectivity index (χ1v) is 9.81. The molecule has 1 N–H and O–H groups in total. The van der Waals surface area contributed by atoms with Gasteiger partial charge >= 0.3 is 6.18 Å². The molecule has 3 aromatic rings. The Morgan fingerprint density at radius 1 is 1.16 bits per heavy atom. The monoisotopic (exact) mass is 434 g/mol. The smallest absolute Gasteiger partial charge is 0.379 e. The van der Waals surface area contributed by atoms with Crippen LogP contribution in [0.2, 0.25) is 0 Å². The van der Waals surface area contributed by atoms with Crippen LogP contribution in [0.3, 0.4) is 0 Å². The van der Waals surface area contributed by atoms with Gasteiger partial charge in [0.05, 0.1) is 35.9 Å². The number of para-hydroxylation sites is 1. The van der Waals surface area contributed by atoms with Gasteiger partial charge in [-0.15, -0.1) is 0 Å². The quantitative estimate of drug-likeness (QED) is 0.682. The molecule has 1 fully saturated rings. The Morgan fingerprint density at radius 2 is 1.87 bits per heavy atom. The zero-order valence-corrected chi connectivity index (χ0v) is 16.6. The lowest BCUT2D eigenvalue weighted by atomic mass is 9.98. The van der Waals surface area contributed by atoms with Crippen molar-refractivity contribution in [3.05, 3.63) is 60.2 Å². The summed E-state index contributed by atoms with van der Waals surface area (Å²) in [5.74, 6) is -0.215. The van der Waals surface area contributed by atoms with Crippen LogP contribution in [-0.4, -0.2) is 59.5 Å². The number of likely N-dealkylation sites (tertiary alicyclic amines) is 1. The summed E-state index contributed by atoms with van der Waals surface area (Å²) in [6.45, 7) is 2.22. The summed E-state index contributed by atoms with van der Waals surface area (Å²) >= 11 is 0. The van der Waals surface area contributed by atoms with Crippen LogP contribution in [0.1, 0.15) is 47.8 Å². The summed E-state index contributed by atoms with van der Waals surface area (Å²) < 4.78 is 39.8. The highest BCUT2D eigenvalue weighted by Gasteiger charge is 2.40. The highest BCUT2D eigenvalue weighted by Crippen LogP contribution is 2.34. The van der Waals surface area contributed by atoms with Crippen LogP contribution >= 0.6 is 0 Å². The fourth-order valence-electron chi connectivity index (χ4n) is 3.79. The van der Waals surface area contributed by atoms with E-state index in [1.54, 1.807) is 29.2 Å². The highest BCUT2D eigenvalue weighted by molar-refractivity contribution is 5.98. The Labute approximate surface area is 175 Å². The van der Waals surface area contributed by atoms with Gasteiger partial charge in [0.1, 0.15) is 0 Å². The molecule has 11 heteroatoms. The molecule has 0 bridgehead atoms. The maximum Gasteiger partial charge on any atom is 0.418 e. The van der Waals surface area contributed by atoms with Crippen LogP contribution in [0.15, 0.2) is 49.1 Å². The Bertz CT molecular complexity index is 1050. The van der Waals surface area contributed by atoms with Crippen molar-refractivity contribution in [2.45, 2.75) is 44.1 Å². The number of hydrogen-bond donors (Lipinski definition) is 1. The first-order valence-electron chi connectivity index (χ1n) is 9.81. The summed E-state index contributed by atoms with van der Waals surface area (Å²) in [4.78, 5) is 16.5. The zero-order chi connectivity index (χ0) is 22.2. The fraction of sp³-hybridized carbons (Fsp3) is 0.400. The number of rotatable bonds is 4. The average Bonchev–Trinajstić information content (AvgIpc) is 3.45.